The van der Waals surface area contributed by atoms with Crippen molar-refractivity contribution in [1.82, 2.24) is 10.2 Å². The first kappa shape index (κ1) is 16.4. The van der Waals surface area contributed by atoms with Crippen molar-refractivity contribution in [2.24, 2.45) is 5.73 Å². The standard InChI is InChI=1S/C19H12BrFN4O/c20-13-7-6-11(8-14(13)21)15-12(9-22)18(23)26-19-16(15)17(24-25-19)10-4-2-1-3-5-10/h1-8,15H,23H2,(H,24,25)/t15-/m1/s1. The molecule has 2 heterocycles. The Kier molecular flexibility index (Phi) is 3.98. The summed E-state index contributed by atoms with van der Waals surface area (Å²) < 4.78 is 20.0. The molecule has 3 aromatic rings. The van der Waals surface area contributed by atoms with Crippen molar-refractivity contribution >= 4 is 15.9 Å². The third-order valence-corrected chi connectivity index (χ3v) is 4.92. The van der Waals surface area contributed by atoms with Gasteiger partial charge in [0.25, 0.3) is 0 Å². The number of ether oxygens (including phenoxy) is 1. The minimum atomic E-state index is -0.583. The highest BCUT2D eigenvalue weighted by atomic mass is 79.9. The van der Waals surface area contributed by atoms with Gasteiger partial charge in [0.2, 0.25) is 11.8 Å². The van der Waals surface area contributed by atoms with Crippen molar-refractivity contribution in [2.45, 2.75) is 5.92 Å². The number of nitrogens with two attached hydrogens (primary N) is 1. The van der Waals surface area contributed by atoms with Gasteiger partial charge in [-0.05, 0) is 39.2 Å². The molecule has 0 aliphatic carbocycles. The van der Waals surface area contributed by atoms with E-state index in [1.807, 2.05) is 30.3 Å². The average Bonchev–Trinajstić information content (AvgIpc) is 3.07. The van der Waals surface area contributed by atoms with E-state index in [9.17, 15) is 9.65 Å². The summed E-state index contributed by atoms with van der Waals surface area (Å²) in [5.74, 6) is -0.746. The van der Waals surface area contributed by atoms with Crippen LogP contribution in [0.5, 0.6) is 5.88 Å². The number of H-pyrrole nitrogens is 1. The molecule has 1 atom stereocenters. The quantitative estimate of drug-likeness (QED) is 0.662. The van der Waals surface area contributed by atoms with E-state index in [2.05, 4.69) is 32.2 Å². The lowest BCUT2D eigenvalue weighted by Crippen LogP contribution is -2.21. The number of allylic oxidation sites excluding steroid dienone is 1. The minimum absolute atomic E-state index is 0.0283. The summed E-state index contributed by atoms with van der Waals surface area (Å²) >= 11 is 3.15. The smallest absolute Gasteiger partial charge is 0.244 e. The average molecular weight is 411 g/mol. The summed E-state index contributed by atoms with van der Waals surface area (Å²) in [6.07, 6.45) is 0. The molecule has 0 radical (unpaired) electrons. The molecule has 2 aromatic carbocycles. The second-order valence-electron chi connectivity index (χ2n) is 5.78. The van der Waals surface area contributed by atoms with Gasteiger partial charge < -0.3 is 10.5 Å². The van der Waals surface area contributed by atoms with Gasteiger partial charge in [-0.25, -0.2) is 4.39 Å². The van der Waals surface area contributed by atoms with E-state index in [0.29, 0.717) is 21.3 Å². The fourth-order valence-corrected chi connectivity index (χ4v) is 3.34. The highest BCUT2D eigenvalue weighted by Gasteiger charge is 2.35. The van der Waals surface area contributed by atoms with Gasteiger partial charge in [-0.1, -0.05) is 36.4 Å². The summed E-state index contributed by atoms with van der Waals surface area (Å²) in [5.41, 5.74) is 8.98. The molecule has 0 bridgehead atoms. The first-order chi connectivity index (χ1) is 12.6. The van der Waals surface area contributed by atoms with Gasteiger partial charge in [0.15, 0.2) is 0 Å². The van der Waals surface area contributed by atoms with Gasteiger partial charge in [-0.2, -0.15) is 5.26 Å². The predicted octanol–water partition coefficient (Wildman–Crippen LogP) is 4.20. The summed E-state index contributed by atoms with van der Waals surface area (Å²) in [6.45, 7) is 0. The number of nitrogens with one attached hydrogen (secondary N) is 1. The van der Waals surface area contributed by atoms with Crippen LogP contribution < -0.4 is 10.5 Å². The summed E-state index contributed by atoms with van der Waals surface area (Å²) in [5, 5.41) is 16.8. The number of hydrogen-bond acceptors (Lipinski definition) is 4. The summed E-state index contributed by atoms with van der Waals surface area (Å²) in [6, 6.07) is 16.4. The molecule has 128 valence electrons. The lowest BCUT2D eigenvalue weighted by molar-refractivity contribution is 0.379. The topological polar surface area (TPSA) is 87.7 Å². The van der Waals surface area contributed by atoms with Crippen LogP contribution in [0.4, 0.5) is 4.39 Å². The van der Waals surface area contributed by atoms with Crippen LogP contribution in [-0.2, 0) is 0 Å². The van der Waals surface area contributed by atoms with Gasteiger partial charge >= 0.3 is 0 Å². The largest absolute Gasteiger partial charge is 0.420 e. The van der Waals surface area contributed by atoms with Gasteiger partial charge in [0.05, 0.1) is 21.6 Å². The molecule has 4 rings (SSSR count). The number of aromatic nitrogens is 2. The van der Waals surface area contributed by atoms with Crippen molar-refractivity contribution in [2.75, 3.05) is 0 Å². The number of rotatable bonds is 2. The second-order valence-corrected chi connectivity index (χ2v) is 6.64. The molecule has 1 aromatic heterocycles. The molecule has 7 heteroatoms. The third kappa shape index (κ3) is 2.55. The van der Waals surface area contributed by atoms with Crippen molar-refractivity contribution in [1.29, 1.82) is 5.26 Å². The van der Waals surface area contributed by atoms with E-state index >= 15 is 0 Å². The molecule has 0 fully saturated rings. The van der Waals surface area contributed by atoms with Crippen LogP contribution in [0.15, 0.2) is 64.5 Å². The van der Waals surface area contributed by atoms with E-state index in [4.69, 9.17) is 10.5 Å². The van der Waals surface area contributed by atoms with Crippen LogP contribution in [0.2, 0.25) is 0 Å². The SMILES string of the molecule is N#CC1=C(N)Oc2n[nH]c(-c3ccccc3)c2[C@@H]1c1ccc(Br)c(F)c1. The number of aromatic amines is 1. The highest BCUT2D eigenvalue weighted by molar-refractivity contribution is 9.10. The highest BCUT2D eigenvalue weighted by Crippen LogP contribution is 2.45. The Morgan fingerprint density at radius 2 is 2.00 bits per heavy atom. The zero-order chi connectivity index (χ0) is 18.3. The fourth-order valence-electron chi connectivity index (χ4n) is 3.10. The Labute approximate surface area is 157 Å². The monoisotopic (exact) mass is 410 g/mol. The first-order valence-corrected chi connectivity index (χ1v) is 8.55. The molecule has 0 unspecified atom stereocenters. The lowest BCUT2D eigenvalue weighted by atomic mass is 9.83. The third-order valence-electron chi connectivity index (χ3n) is 4.28. The van der Waals surface area contributed by atoms with Crippen LogP contribution >= 0.6 is 15.9 Å². The Hall–Kier alpha value is -3.11. The van der Waals surface area contributed by atoms with Gasteiger partial charge in [-0.15, -0.1) is 5.10 Å². The van der Waals surface area contributed by atoms with Gasteiger partial charge in [0, 0.05) is 0 Å². The Bertz CT molecular complexity index is 1070. The zero-order valence-electron chi connectivity index (χ0n) is 13.3. The molecule has 5 nitrogen and oxygen atoms in total. The molecule has 26 heavy (non-hydrogen) atoms. The molecule has 0 saturated heterocycles. The van der Waals surface area contributed by atoms with E-state index in [1.54, 1.807) is 12.1 Å². The van der Waals surface area contributed by atoms with E-state index in [0.717, 1.165) is 5.56 Å². The Morgan fingerprint density at radius 3 is 2.69 bits per heavy atom. The molecule has 1 aliphatic rings. The van der Waals surface area contributed by atoms with Gasteiger partial charge in [-0.3, -0.25) is 5.10 Å². The maximum Gasteiger partial charge on any atom is 0.244 e. The Morgan fingerprint density at radius 1 is 1.23 bits per heavy atom. The summed E-state index contributed by atoms with van der Waals surface area (Å²) in [7, 11) is 0. The number of nitrogens with zero attached hydrogens (tertiary/aromatic N) is 2. The number of benzene rings is 2. The van der Waals surface area contributed by atoms with Gasteiger partial charge in [0.1, 0.15) is 17.5 Å². The van der Waals surface area contributed by atoms with Crippen LogP contribution in [0.25, 0.3) is 11.3 Å². The van der Waals surface area contributed by atoms with Crippen molar-refractivity contribution in [3.63, 3.8) is 0 Å². The number of hydrogen-bond donors (Lipinski definition) is 2. The van der Waals surface area contributed by atoms with Crippen molar-refractivity contribution in [3.05, 3.63) is 81.4 Å². The molecule has 0 amide bonds. The molecular weight excluding hydrogens is 399 g/mol. The van der Waals surface area contributed by atoms with E-state index < -0.39 is 11.7 Å². The van der Waals surface area contributed by atoms with Crippen LogP contribution in [0.1, 0.15) is 17.0 Å². The van der Waals surface area contributed by atoms with Crippen LogP contribution in [0, 0.1) is 17.1 Å². The van der Waals surface area contributed by atoms with E-state index in [-0.39, 0.29) is 17.3 Å². The maximum atomic E-state index is 14.2. The number of fused-ring (bicyclic) bond motifs is 1. The number of nitriles is 1. The molecule has 0 spiro atoms. The van der Waals surface area contributed by atoms with Crippen molar-refractivity contribution in [3.8, 4) is 23.2 Å². The minimum Gasteiger partial charge on any atom is -0.420 e. The van der Waals surface area contributed by atoms with E-state index in [1.165, 1.54) is 6.07 Å². The Balaban J connectivity index is 1.97. The first-order valence-electron chi connectivity index (χ1n) is 7.76. The summed E-state index contributed by atoms with van der Waals surface area (Å²) in [4.78, 5) is 0. The second kappa shape index (κ2) is 6.32. The van der Waals surface area contributed by atoms with Crippen LogP contribution in [0.3, 0.4) is 0 Å². The fraction of sp³-hybridized carbons (Fsp3) is 0.0526. The normalized spacial score (nSPS) is 16.0. The molecular formula is C19H12BrFN4O. The molecule has 1 aliphatic heterocycles. The lowest BCUT2D eigenvalue weighted by Gasteiger charge is -2.24. The molecule has 3 N–H and O–H groups in total. The molecule has 0 saturated carbocycles. The predicted molar refractivity (Wildman–Crippen MR) is 97.4 cm³/mol. The number of halogens is 2. The zero-order valence-corrected chi connectivity index (χ0v) is 14.9. The van der Waals surface area contributed by atoms with Crippen LogP contribution in [-0.4, -0.2) is 10.2 Å². The van der Waals surface area contributed by atoms with Crippen molar-refractivity contribution < 1.29 is 9.13 Å². The maximum absolute atomic E-state index is 14.2.